The number of carbonyl (C=O) groups is 1. The summed E-state index contributed by atoms with van der Waals surface area (Å²) in [6.45, 7) is 5.53. The zero-order valence-corrected chi connectivity index (χ0v) is 11.9. The van der Waals surface area contributed by atoms with E-state index in [2.05, 4.69) is 0 Å². The van der Waals surface area contributed by atoms with Crippen LogP contribution in [-0.2, 0) is 4.79 Å². The summed E-state index contributed by atoms with van der Waals surface area (Å²) >= 11 is 0. The van der Waals surface area contributed by atoms with Gasteiger partial charge in [0.15, 0.2) is 0 Å². The molecule has 1 aliphatic carbocycles. The van der Waals surface area contributed by atoms with E-state index < -0.39 is 5.54 Å². The molecule has 0 aromatic rings. The molecule has 1 N–H and O–H groups in total. The molecule has 0 amide bonds. The number of rotatable bonds is 1. The monoisotopic (exact) mass is 195 g/mol. The van der Waals surface area contributed by atoms with Gasteiger partial charge in [-0.2, -0.15) is 0 Å². The zero-order chi connectivity index (χ0) is 8.91. The van der Waals surface area contributed by atoms with E-state index in [0.717, 1.165) is 25.7 Å². The Hall–Kier alpha value is 1.27. The molecule has 2 nitrogen and oxygen atoms in total. The van der Waals surface area contributed by atoms with Crippen LogP contribution in [0.5, 0.6) is 0 Å². The molecule has 66 valence electrons. The molecule has 0 saturated heterocycles. The minimum absolute atomic E-state index is 0. The van der Waals surface area contributed by atoms with Crippen LogP contribution >= 0.6 is 0 Å². The van der Waals surface area contributed by atoms with Gasteiger partial charge in [-0.05, 0) is 6.92 Å². The van der Waals surface area contributed by atoms with Gasteiger partial charge in [0.1, 0.15) is 5.78 Å². The molecule has 1 rings (SSSR count). The minimum Gasteiger partial charge on any atom is -0.666 e. The number of Topliss-reactive ketones (excluding diaryl/α,β-unsaturated/α-hetero) is 1. The van der Waals surface area contributed by atoms with Crippen LogP contribution in [0.2, 0.25) is 0 Å². The number of carbonyl (C=O) groups excluding carboxylic acids is 1. The van der Waals surface area contributed by atoms with E-state index in [0.29, 0.717) is 0 Å². The first-order chi connectivity index (χ1) is 5.15. The van der Waals surface area contributed by atoms with Gasteiger partial charge in [-0.1, -0.05) is 45.1 Å². The van der Waals surface area contributed by atoms with Crippen molar-refractivity contribution in [3.05, 3.63) is 5.73 Å². The average molecular weight is 195 g/mol. The van der Waals surface area contributed by atoms with E-state index in [1.54, 1.807) is 0 Å². The molecule has 0 unspecified atom stereocenters. The van der Waals surface area contributed by atoms with Crippen LogP contribution in [0.3, 0.4) is 0 Å². The molecular weight excluding hydrogens is 177 g/mol. The Kier molecular flexibility index (Phi) is 10.0. The number of ketones is 1. The Bertz CT molecular complexity index is 130. The van der Waals surface area contributed by atoms with Gasteiger partial charge >= 0.3 is 51.4 Å². The Morgan fingerprint density at radius 1 is 1.25 bits per heavy atom. The Labute approximate surface area is 118 Å². The number of hydrogen-bond acceptors (Lipinski definition) is 1. The van der Waals surface area contributed by atoms with Crippen LogP contribution in [0.1, 0.15) is 46.5 Å². The van der Waals surface area contributed by atoms with Gasteiger partial charge in [0.25, 0.3) is 0 Å². The van der Waals surface area contributed by atoms with Crippen LogP contribution < -0.4 is 51.4 Å². The fraction of sp³-hybridized carbons (Fsp3) is 0.889. The smallest absolute Gasteiger partial charge is 0.666 e. The molecule has 0 aromatic heterocycles. The van der Waals surface area contributed by atoms with Crippen LogP contribution in [-0.4, -0.2) is 11.3 Å². The second kappa shape index (κ2) is 7.65. The predicted molar refractivity (Wildman–Crippen MR) is 47.5 cm³/mol. The van der Waals surface area contributed by atoms with E-state index in [1.165, 1.54) is 6.92 Å². The third kappa shape index (κ3) is 4.49. The molecule has 0 spiro atoms. The average Bonchev–Trinajstić information content (AvgIpc) is 2.42. The normalized spacial score (nSPS) is 18.7. The third-order valence-electron chi connectivity index (χ3n) is 2.13. The standard InChI is InChI=1S/C7H12NO.C2H6.K/c1-6(9)7(8)4-2-3-5-7;1-2;/h8H,2-5H2,1H3;1-2H3;/q-1;;+1. The molecule has 1 aliphatic rings. The third-order valence-corrected chi connectivity index (χ3v) is 2.13. The molecule has 0 aliphatic heterocycles. The van der Waals surface area contributed by atoms with E-state index in [1.807, 2.05) is 13.8 Å². The van der Waals surface area contributed by atoms with Crippen molar-refractivity contribution in [2.75, 3.05) is 0 Å². The van der Waals surface area contributed by atoms with Gasteiger partial charge in [0.05, 0.1) is 0 Å². The molecule has 0 atom stereocenters. The topological polar surface area (TPSA) is 40.9 Å². The second-order valence-electron chi connectivity index (χ2n) is 2.85. The fourth-order valence-electron chi connectivity index (χ4n) is 1.33. The minimum atomic E-state index is -0.694. The largest absolute Gasteiger partial charge is 1.00 e. The Balaban J connectivity index is 0. The summed E-state index contributed by atoms with van der Waals surface area (Å²) in [5, 5.41) is 0. The molecule has 12 heavy (non-hydrogen) atoms. The number of nitrogens with one attached hydrogen (secondary N) is 1. The van der Waals surface area contributed by atoms with Gasteiger partial charge < -0.3 is 10.5 Å². The maximum absolute atomic E-state index is 10.8. The van der Waals surface area contributed by atoms with Crippen molar-refractivity contribution in [3.63, 3.8) is 0 Å². The maximum Gasteiger partial charge on any atom is 1.00 e. The molecule has 1 saturated carbocycles. The molecule has 1 fully saturated rings. The van der Waals surface area contributed by atoms with Crippen molar-refractivity contribution in [1.29, 1.82) is 0 Å². The summed E-state index contributed by atoms with van der Waals surface area (Å²) < 4.78 is 0. The van der Waals surface area contributed by atoms with Crippen LogP contribution in [0, 0.1) is 0 Å². The zero-order valence-electron chi connectivity index (χ0n) is 8.74. The van der Waals surface area contributed by atoms with Crippen molar-refractivity contribution >= 4 is 5.78 Å². The van der Waals surface area contributed by atoms with Crippen molar-refractivity contribution in [1.82, 2.24) is 0 Å². The van der Waals surface area contributed by atoms with Crippen molar-refractivity contribution < 1.29 is 56.2 Å². The predicted octanol–water partition coefficient (Wildman–Crippen LogP) is -0.0294. The van der Waals surface area contributed by atoms with Crippen molar-refractivity contribution in [2.24, 2.45) is 0 Å². The van der Waals surface area contributed by atoms with Crippen molar-refractivity contribution in [3.8, 4) is 0 Å². The summed E-state index contributed by atoms with van der Waals surface area (Å²) in [7, 11) is 0. The Morgan fingerprint density at radius 2 is 1.58 bits per heavy atom. The first kappa shape index (κ1) is 15.7. The first-order valence-corrected chi connectivity index (χ1v) is 4.41. The quantitative estimate of drug-likeness (QED) is 0.542. The fourth-order valence-corrected chi connectivity index (χ4v) is 1.33. The van der Waals surface area contributed by atoms with Crippen LogP contribution in [0.25, 0.3) is 5.73 Å². The molecule has 3 heteroatoms. The van der Waals surface area contributed by atoms with E-state index in [4.69, 9.17) is 5.73 Å². The maximum atomic E-state index is 10.8. The van der Waals surface area contributed by atoms with Crippen molar-refractivity contribution in [2.45, 2.75) is 52.0 Å². The van der Waals surface area contributed by atoms with E-state index in [9.17, 15) is 4.79 Å². The van der Waals surface area contributed by atoms with Gasteiger partial charge in [0.2, 0.25) is 0 Å². The summed E-state index contributed by atoms with van der Waals surface area (Å²) in [4.78, 5) is 10.8. The molecule has 0 heterocycles. The van der Waals surface area contributed by atoms with Crippen LogP contribution in [0.15, 0.2) is 0 Å². The molecular formula is C9H18KNO. The van der Waals surface area contributed by atoms with Gasteiger partial charge in [0, 0.05) is 0 Å². The van der Waals surface area contributed by atoms with E-state index >= 15 is 0 Å². The summed E-state index contributed by atoms with van der Waals surface area (Å²) in [5.74, 6) is 0.0417. The van der Waals surface area contributed by atoms with Crippen LogP contribution in [0.4, 0.5) is 0 Å². The first-order valence-electron chi connectivity index (χ1n) is 4.41. The Morgan fingerprint density at radius 3 is 1.75 bits per heavy atom. The summed E-state index contributed by atoms with van der Waals surface area (Å²) in [6.07, 6.45) is 3.68. The SMILES string of the molecule is CC.CC(=O)C1([NH-])CCCC1.[K+]. The summed E-state index contributed by atoms with van der Waals surface area (Å²) in [6, 6.07) is 0. The molecule has 0 radical (unpaired) electrons. The van der Waals surface area contributed by atoms with Gasteiger partial charge in [-0.25, -0.2) is 0 Å². The second-order valence-corrected chi connectivity index (χ2v) is 2.85. The number of hydrogen-bond donors (Lipinski definition) is 0. The molecule has 0 bridgehead atoms. The van der Waals surface area contributed by atoms with E-state index in [-0.39, 0.29) is 57.2 Å². The summed E-state index contributed by atoms with van der Waals surface area (Å²) in [5.41, 5.74) is 6.89. The van der Waals surface area contributed by atoms with Gasteiger partial charge in [-0.15, -0.1) is 0 Å². The molecule has 0 aromatic carbocycles. The van der Waals surface area contributed by atoms with Gasteiger partial charge in [-0.3, -0.25) is 0 Å².